The molecule has 1 aliphatic heterocycles. The number of ether oxygens (including phenoxy) is 1. The van der Waals surface area contributed by atoms with Crippen molar-refractivity contribution in [1.29, 1.82) is 0 Å². The summed E-state index contributed by atoms with van der Waals surface area (Å²) in [6, 6.07) is 9.91. The van der Waals surface area contributed by atoms with E-state index in [-0.39, 0.29) is 17.8 Å². The van der Waals surface area contributed by atoms with Crippen LogP contribution in [0.2, 0.25) is 0 Å². The van der Waals surface area contributed by atoms with Crippen LogP contribution in [0.25, 0.3) is 0 Å². The van der Waals surface area contributed by atoms with Crippen molar-refractivity contribution in [3.63, 3.8) is 0 Å². The molecule has 1 aliphatic carbocycles. The summed E-state index contributed by atoms with van der Waals surface area (Å²) < 4.78 is 6.26. The summed E-state index contributed by atoms with van der Waals surface area (Å²) in [7, 11) is 0. The standard InChI is InChI=1S/C24H29NO3/c1-16-6-5-7-17(2)23(16)28-20-10-12-25(13-11-20)24(27)21-14-18-8-3-4-9-19(18)15-22(21)26/h5-7,14-15,20,26H,3-4,8-13H2,1-2H3. The van der Waals surface area contributed by atoms with Crippen LogP contribution in [0, 0.1) is 13.8 Å². The van der Waals surface area contributed by atoms with Gasteiger partial charge in [0, 0.05) is 25.9 Å². The smallest absolute Gasteiger partial charge is 0.257 e. The monoisotopic (exact) mass is 379 g/mol. The Morgan fingerprint density at radius 1 is 1.04 bits per heavy atom. The van der Waals surface area contributed by atoms with E-state index < -0.39 is 0 Å². The zero-order valence-electron chi connectivity index (χ0n) is 16.8. The normalized spacial score (nSPS) is 17.3. The quantitative estimate of drug-likeness (QED) is 0.850. The van der Waals surface area contributed by atoms with Crippen LogP contribution in [0.15, 0.2) is 30.3 Å². The number of phenols is 1. The number of para-hydroxylation sites is 1. The summed E-state index contributed by atoms with van der Waals surface area (Å²) in [4.78, 5) is 14.9. The molecule has 1 N–H and O–H groups in total. The number of aromatic hydroxyl groups is 1. The average Bonchev–Trinajstić information content (AvgIpc) is 2.70. The van der Waals surface area contributed by atoms with E-state index in [9.17, 15) is 9.90 Å². The van der Waals surface area contributed by atoms with Gasteiger partial charge < -0.3 is 14.7 Å². The van der Waals surface area contributed by atoms with Crippen molar-refractivity contribution >= 4 is 5.91 Å². The number of carbonyl (C=O) groups excluding carboxylic acids is 1. The number of phenolic OH excluding ortho intramolecular Hbond substituents is 1. The largest absolute Gasteiger partial charge is 0.507 e. The number of carbonyl (C=O) groups is 1. The molecule has 2 aliphatic rings. The molecule has 148 valence electrons. The number of hydrogen-bond donors (Lipinski definition) is 1. The third-order valence-corrected chi connectivity index (χ3v) is 6.11. The van der Waals surface area contributed by atoms with Crippen LogP contribution in [0.4, 0.5) is 0 Å². The minimum absolute atomic E-state index is 0.0589. The first kappa shape index (κ1) is 18.9. The van der Waals surface area contributed by atoms with Crippen LogP contribution in [-0.2, 0) is 12.8 Å². The van der Waals surface area contributed by atoms with Gasteiger partial charge in [0.2, 0.25) is 0 Å². The molecule has 0 radical (unpaired) electrons. The zero-order chi connectivity index (χ0) is 19.7. The van der Waals surface area contributed by atoms with Crippen molar-refractivity contribution in [3.8, 4) is 11.5 Å². The number of rotatable bonds is 3. The Kier molecular flexibility index (Phi) is 5.29. The predicted octanol–water partition coefficient (Wildman–Crippen LogP) is 4.57. The first-order valence-corrected chi connectivity index (χ1v) is 10.4. The van der Waals surface area contributed by atoms with E-state index in [4.69, 9.17) is 4.74 Å². The topological polar surface area (TPSA) is 49.8 Å². The van der Waals surface area contributed by atoms with Gasteiger partial charge in [-0.25, -0.2) is 0 Å². The van der Waals surface area contributed by atoms with E-state index in [1.54, 1.807) is 6.07 Å². The summed E-state index contributed by atoms with van der Waals surface area (Å²) in [6.45, 7) is 5.45. The van der Waals surface area contributed by atoms with Crippen LogP contribution in [0.1, 0.15) is 58.3 Å². The van der Waals surface area contributed by atoms with Gasteiger partial charge in [0.25, 0.3) is 5.91 Å². The molecule has 0 spiro atoms. The highest BCUT2D eigenvalue weighted by atomic mass is 16.5. The first-order valence-electron chi connectivity index (χ1n) is 10.4. The molecular formula is C24H29NO3. The molecule has 0 aromatic heterocycles. The highest BCUT2D eigenvalue weighted by Gasteiger charge is 2.27. The van der Waals surface area contributed by atoms with E-state index in [2.05, 4.69) is 26.0 Å². The van der Waals surface area contributed by atoms with Gasteiger partial charge >= 0.3 is 0 Å². The summed E-state index contributed by atoms with van der Waals surface area (Å²) in [5.74, 6) is 1.04. The minimum Gasteiger partial charge on any atom is -0.507 e. The third kappa shape index (κ3) is 3.73. The van der Waals surface area contributed by atoms with Crippen molar-refractivity contribution < 1.29 is 14.6 Å². The maximum atomic E-state index is 13.0. The van der Waals surface area contributed by atoms with Gasteiger partial charge in [-0.15, -0.1) is 0 Å². The Balaban J connectivity index is 1.42. The van der Waals surface area contributed by atoms with Gasteiger partial charge in [0.05, 0.1) is 5.56 Å². The molecular weight excluding hydrogens is 350 g/mol. The van der Waals surface area contributed by atoms with Gasteiger partial charge in [-0.1, -0.05) is 18.2 Å². The number of likely N-dealkylation sites (tertiary alicyclic amines) is 1. The molecule has 1 saturated heterocycles. The highest BCUT2D eigenvalue weighted by molar-refractivity contribution is 5.97. The fourth-order valence-electron chi connectivity index (χ4n) is 4.44. The Morgan fingerprint density at radius 2 is 1.64 bits per heavy atom. The molecule has 28 heavy (non-hydrogen) atoms. The van der Waals surface area contributed by atoms with Crippen molar-refractivity contribution in [2.45, 2.75) is 58.5 Å². The SMILES string of the molecule is Cc1cccc(C)c1OC1CCN(C(=O)c2cc3c(cc2O)CCCC3)CC1. The fourth-order valence-corrected chi connectivity index (χ4v) is 4.44. The molecule has 1 fully saturated rings. The van der Waals surface area contributed by atoms with Gasteiger partial charge in [-0.2, -0.15) is 0 Å². The number of fused-ring (bicyclic) bond motifs is 1. The molecule has 4 nitrogen and oxygen atoms in total. The lowest BCUT2D eigenvalue weighted by Crippen LogP contribution is -2.42. The van der Waals surface area contributed by atoms with E-state index in [1.165, 1.54) is 11.1 Å². The van der Waals surface area contributed by atoms with E-state index in [0.717, 1.165) is 55.4 Å². The van der Waals surface area contributed by atoms with Gasteiger partial charge in [0.1, 0.15) is 17.6 Å². The summed E-state index contributed by atoms with van der Waals surface area (Å²) in [6.07, 6.45) is 6.07. The Hall–Kier alpha value is -2.49. The number of nitrogens with zero attached hydrogens (tertiary/aromatic N) is 1. The maximum absolute atomic E-state index is 13.0. The first-order chi connectivity index (χ1) is 13.5. The van der Waals surface area contributed by atoms with Gasteiger partial charge in [-0.05, 0) is 73.9 Å². The van der Waals surface area contributed by atoms with Crippen LogP contribution >= 0.6 is 0 Å². The average molecular weight is 380 g/mol. The van der Waals surface area contributed by atoms with Crippen LogP contribution in [-0.4, -0.2) is 35.1 Å². The zero-order valence-corrected chi connectivity index (χ0v) is 16.8. The summed E-state index contributed by atoms with van der Waals surface area (Å²) >= 11 is 0. The highest BCUT2D eigenvalue weighted by Crippen LogP contribution is 2.31. The number of aryl methyl sites for hydroxylation is 4. The van der Waals surface area contributed by atoms with Crippen LogP contribution < -0.4 is 4.74 Å². The molecule has 0 bridgehead atoms. The van der Waals surface area contributed by atoms with E-state index >= 15 is 0 Å². The molecule has 1 heterocycles. The molecule has 0 unspecified atom stereocenters. The van der Waals surface area contributed by atoms with Crippen molar-refractivity contribution in [3.05, 3.63) is 58.1 Å². The number of hydrogen-bond acceptors (Lipinski definition) is 3. The second-order valence-corrected chi connectivity index (χ2v) is 8.18. The molecule has 1 amide bonds. The number of piperidine rings is 1. The van der Waals surface area contributed by atoms with E-state index in [0.29, 0.717) is 18.7 Å². The third-order valence-electron chi connectivity index (χ3n) is 6.11. The molecule has 4 rings (SSSR count). The van der Waals surface area contributed by atoms with Crippen molar-refractivity contribution in [2.75, 3.05) is 13.1 Å². The van der Waals surface area contributed by atoms with Crippen molar-refractivity contribution in [1.82, 2.24) is 4.90 Å². The van der Waals surface area contributed by atoms with Crippen molar-refractivity contribution in [2.24, 2.45) is 0 Å². The van der Waals surface area contributed by atoms with Crippen LogP contribution in [0.3, 0.4) is 0 Å². The lowest BCUT2D eigenvalue weighted by atomic mass is 9.89. The number of amides is 1. The van der Waals surface area contributed by atoms with Gasteiger partial charge in [-0.3, -0.25) is 4.79 Å². The molecule has 0 saturated carbocycles. The molecule has 2 aromatic carbocycles. The molecule has 2 aromatic rings. The maximum Gasteiger partial charge on any atom is 0.257 e. The van der Waals surface area contributed by atoms with Crippen LogP contribution in [0.5, 0.6) is 11.5 Å². The summed E-state index contributed by atoms with van der Waals surface area (Å²) in [5, 5.41) is 10.4. The molecule has 0 atom stereocenters. The second-order valence-electron chi connectivity index (χ2n) is 8.18. The lowest BCUT2D eigenvalue weighted by Gasteiger charge is -2.33. The van der Waals surface area contributed by atoms with E-state index in [1.807, 2.05) is 17.0 Å². The molecule has 4 heteroatoms. The Morgan fingerprint density at radius 3 is 2.29 bits per heavy atom. The minimum atomic E-state index is -0.0589. The summed E-state index contributed by atoms with van der Waals surface area (Å²) in [5.41, 5.74) is 5.17. The van der Waals surface area contributed by atoms with Gasteiger partial charge in [0.15, 0.2) is 0 Å². The Labute approximate surface area is 167 Å². The predicted molar refractivity (Wildman–Crippen MR) is 110 cm³/mol. The Bertz CT molecular complexity index is 861. The fraction of sp³-hybridized carbons (Fsp3) is 0.458. The second kappa shape index (κ2) is 7.86. The number of benzene rings is 2. The lowest BCUT2D eigenvalue weighted by molar-refractivity contribution is 0.0590.